The molecule has 0 aliphatic carbocycles. The molecule has 0 spiro atoms. The zero-order valence-corrected chi connectivity index (χ0v) is 23.4. The number of unbranched alkanes of at least 4 members (excludes halogenated alkanes) is 11. The molecule has 0 saturated carbocycles. The number of rotatable bonds is 21. The monoisotopic (exact) mass is 465 g/mol. The van der Waals surface area contributed by atoms with Crippen LogP contribution >= 0.6 is 0 Å². The van der Waals surface area contributed by atoms with E-state index in [1.54, 1.807) is 0 Å². The summed E-state index contributed by atoms with van der Waals surface area (Å²) in [4.78, 5) is 35.1. The van der Waals surface area contributed by atoms with Gasteiger partial charge in [-0.3, -0.25) is 9.59 Å². The standard InChI is InChI=1S/C24H45NO5.K/c1-3-5-7-8-9-10-11-12-13-14-15-16-21(26)22(17-6-4-2)30-24(29)20(25)18-19-23(27)28;/h20,22H,3-19,25H2,1-2H3,(H,27,28);/q;+1/p-1. The summed E-state index contributed by atoms with van der Waals surface area (Å²) in [7, 11) is 0. The number of esters is 1. The molecule has 0 rings (SSSR count). The first-order valence-electron chi connectivity index (χ1n) is 12.1. The van der Waals surface area contributed by atoms with Crippen LogP contribution in [0.15, 0.2) is 0 Å². The summed E-state index contributed by atoms with van der Waals surface area (Å²) in [6.45, 7) is 4.24. The van der Waals surface area contributed by atoms with E-state index in [9.17, 15) is 19.5 Å². The molecule has 2 unspecified atom stereocenters. The molecule has 0 amide bonds. The molecule has 31 heavy (non-hydrogen) atoms. The molecule has 0 aliphatic heterocycles. The molecule has 6 nitrogen and oxygen atoms in total. The van der Waals surface area contributed by atoms with Crippen molar-refractivity contribution in [1.29, 1.82) is 0 Å². The molecule has 0 aliphatic rings. The van der Waals surface area contributed by atoms with Crippen molar-refractivity contribution in [1.82, 2.24) is 0 Å². The quantitative estimate of drug-likeness (QED) is 0.155. The van der Waals surface area contributed by atoms with Gasteiger partial charge in [-0.2, -0.15) is 0 Å². The number of carboxylic acids is 1. The van der Waals surface area contributed by atoms with Gasteiger partial charge in [0, 0.05) is 12.4 Å². The third-order valence-electron chi connectivity index (χ3n) is 5.43. The number of carbonyl (C=O) groups excluding carboxylic acids is 3. The first kappa shape index (κ1) is 33.4. The maximum Gasteiger partial charge on any atom is 1.00 e. The first-order valence-corrected chi connectivity index (χ1v) is 12.1. The van der Waals surface area contributed by atoms with Crippen LogP contribution in [0.25, 0.3) is 0 Å². The number of hydrogen-bond donors (Lipinski definition) is 1. The minimum atomic E-state index is -1.26. The van der Waals surface area contributed by atoms with Gasteiger partial charge in [0.2, 0.25) is 0 Å². The maximum absolute atomic E-state index is 12.5. The van der Waals surface area contributed by atoms with Gasteiger partial charge in [0.15, 0.2) is 11.9 Å². The summed E-state index contributed by atoms with van der Waals surface area (Å²) in [5.74, 6) is -2.02. The summed E-state index contributed by atoms with van der Waals surface area (Å²) in [6.07, 6.45) is 14.9. The van der Waals surface area contributed by atoms with Crippen LogP contribution in [-0.2, 0) is 19.1 Å². The second-order valence-corrected chi connectivity index (χ2v) is 8.34. The van der Waals surface area contributed by atoms with Gasteiger partial charge in [-0.25, -0.2) is 0 Å². The van der Waals surface area contributed by atoms with Gasteiger partial charge in [0.1, 0.15) is 6.04 Å². The molecule has 2 N–H and O–H groups in total. The molecule has 0 aromatic carbocycles. The minimum Gasteiger partial charge on any atom is -0.550 e. The topological polar surface area (TPSA) is 110 Å². The van der Waals surface area contributed by atoms with Crippen molar-refractivity contribution in [2.24, 2.45) is 5.73 Å². The fourth-order valence-electron chi connectivity index (χ4n) is 3.42. The van der Waals surface area contributed by atoms with Crippen molar-refractivity contribution in [3.63, 3.8) is 0 Å². The molecule has 0 fully saturated rings. The van der Waals surface area contributed by atoms with Crippen LogP contribution in [0.5, 0.6) is 0 Å². The number of nitrogens with two attached hydrogens (primary N) is 1. The first-order chi connectivity index (χ1) is 14.4. The summed E-state index contributed by atoms with van der Waals surface area (Å²) in [6, 6.07) is -1.04. The molecule has 0 bridgehead atoms. The van der Waals surface area contributed by atoms with Crippen LogP contribution in [0.4, 0.5) is 0 Å². The Bertz CT molecular complexity index is 473. The molecule has 2 atom stereocenters. The predicted molar refractivity (Wildman–Crippen MR) is 118 cm³/mol. The third-order valence-corrected chi connectivity index (χ3v) is 5.43. The molecular weight excluding hydrogens is 421 g/mol. The fraction of sp³-hybridized carbons (Fsp3) is 0.875. The van der Waals surface area contributed by atoms with Gasteiger partial charge in [0.05, 0.1) is 0 Å². The van der Waals surface area contributed by atoms with E-state index in [4.69, 9.17) is 10.5 Å². The molecule has 0 radical (unpaired) electrons. The molecule has 7 heteroatoms. The van der Waals surface area contributed by atoms with Crippen molar-refractivity contribution in [2.45, 2.75) is 135 Å². The van der Waals surface area contributed by atoms with Crippen molar-refractivity contribution < 1.29 is 75.6 Å². The number of aliphatic carboxylic acids is 1. The molecule has 0 heterocycles. The van der Waals surface area contributed by atoms with E-state index < -0.39 is 24.1 Å². The third kappa shape index (κ3) is 20.5. The second-order valence-electron chi connectivity index (χ2n) is 8.34. The van der Waals surface area contributed by atoms with E-state index >= 15 is 0 Å². The SMILES string of the molecule is CCCCCCCCCCCCCC(=O)C(CCCC)OC(=O)C(N)CCC(=O)[O-].[K+]. The van der Waals surface area contributed by atoms with Crippen LogP contribution in [0.2, 0.25) is 0 Å². The average molecular weight is 466 g/mol. The Hall–Kier alpha value is 0.206. The normalized spacial score (nSPS) is 12.6. The van der Waals surface area contributed by atoms with Gasteiger partial charge in [0.25, 0.3) is 0 Å². The van der Waals surface area contributed by atoms with E-state index in [1.807, 2.05) is 6.92 Å². The second kappa shape index (κ2) is 23.4. The van der Waals surface area contributed by atoms with Gasteiger partial charge in [-0.15, -0.1) is 0 Å². The van der Waals surface area contributed by atoms with Crippen molar-refractivity contribution >= 4 is 17.7 Å². The van der Waals surface area contributed by atoms with Crippen LogP contribution in [0.1, 0.15) is 123 Å². The summed E-state index contributed by atoms with van der Waals surface area (Å²) in [5.41, 5.74) is 5.68. The van der Waals surface area contributed by atoms with E-state index in [2.05, 4.69) is 6.92 Å². The molecule has 0 saturated heterocycles. The van der Waals surface area contributed by atoms with Crippen LogP contribution in [-0.4, -0.2) is 29.9 Å². The molecule has 0 aromatic heterocycles. The summed E-state index contributed by atoms with van der Waals surface area (Å²) >= 11 is 0. The van der Waals surface area contributed by atoms with Crippen molar-refractivity contribution in [3.05, 3.63) is 0 Å². The van der Waals surface area contributed by atoms with Gasteiger partial charge >= 0.3 is 57.4 Å². The molecular formula is C24H44KNO5. The maximum atomic E-state index is 12.5. The number of carbonyl (C=O) groups is 3. The van der Waals surface area contributed by atoms with E-state index in [0.717, 1.165) is 32.1 Å². The van der Waals surface area contributed by atoms with E-state index in [0.29, 0.717) is 12.8 Å². The Kier molecular flexibility index (Phi) is 25.2. The Labute approximate surface area is 232 Å². The number of Topliss-reactive ketones (excluding diaryl/α,β-unsaturated/α-hetero) is 1. The fourth-order valence-corrected chi connectivity index (χ4v) is 3.42. The van der Waals surface area contributed by atoms with Gasteiger partial charge < -0.3 is 20.4 Å². The Morgan fingerprint density at radius 1 is 0.742 bits per heavy atom. The smallest absolute Gasteiger partial charge is 0.550 e. The van der Waals surface area contributed by atoms with Gasteiger partial charge in [-0.1, -0.05) is 84.5 Å². The van der Waals surface area contributed by atoms with E-state index in [1.165, 1.54) is 51.4 Å². The largest absolute Gasteiger partial charge is 1.00 e. The number of ether oxygens (including phenoxy) is 1. The minimum absolute atomic E-state index is 0. The Morgan fingerprint density at radius 2 is 1.23 bits per heavy atom. The zero-order valence-electron chi connectivity index (χ0n) is 20.3. The van der Waals surface area contributed by atoms with Crippen LogP contribution in [0.3, 0.4) is 0 Å². The van der Waals surface area contributed by atoms with Crippen molar-refractivity contribution in [3.8, 4) is 0 Å². The van der Waals surface area contributed by atoms with Crippen molar-refractivity contribution in [2.75, 3.05) is 0 Å². The van der Waals surface area contributed by atoms with Crippen LogP contribution < -0.4 is 62.2 Å². The number of hydrogen-bond acceptors (Lipinski definition) is 6. The Morgan fingerprint density at radius 3 is 1.71 bits per heavy atom. The summed E-state index contributed by atoms with van der Waals surface area (Å²) < 4.78 is 5.33. The molecule has 0 aromatic rings. The number of ketones is 1. The Balaban J connectivity index is 0. The molecule has 176 valence electrons. The summed E-state index contributed by atoms with van der Waals surface area (Å²) in [5, 5.41) is 10.5. The number of carboxylic acid groups (broad SMARTS) is 1. The predicted octanol–water partition coefficient (Wildman–Crippen LogP) is 1.22. The average Bonchev–Trinajstić information content (AvgIpc) is 2.72. The van der Waals surface area contributed by atoms with Crippen LogP contribution in [0, 0.1) is 0 Å². The van der Waals surface area contributed by atoms with Gasteiger partial charge in [-0.05, 0) is 32.1 Å². The zero-order chi connectivity index (χ0) is 22.6. The van der Waals surface area contributed by atoms with E-state index in [-0.39, 0.29) is 70.0 Å².